The van der Waals surface area contributed by atoms with Crippen molar-refractivity contribution in [3.8, 4) is 0 Å². The summed E-state index contributed by atoms with van der Waals surface area (Å²) in [6, 6.07) is 8.43. The van der Waals surface area contributed by atoms with Crippen LogP contribution in [0, 0.1) is 5.41 Å². The Morgan fingerprint density at radius 2 is 1.86 bits per heavy atom. The normalized spacial score (nSPS) is 20.9. The number of carboxylic acids is 1. The van der Waals surface area contributed by atoms with Gasteiger partial charge in [0.25, 0.3) is 0 Å². The lowest BCUT2D eigenvalue weighted by molar-refractivity contribution is -0.136. The van der Waals surface area contributed by atoms with Crippen LogP contribution in [0.2, 0.25) is 0 Å². The largest absolute Gasteiger partial charge is 0.481 e. The minimum Gasteiger partial charge on any atom is -0.481 e. The molecule has 3 rings (SSSR count). The Balaban J connectivity index is 1.61. The SMILES string of the molecule is O=C(O)CCc1cccc(N2CC3(CCCCCC3)C2)c1. The van der Waals surface area contributed by atoms with Gasteiger partial charge in [0.2, 0.25) is 0 Å². The van der Waals surface area contributed by atoms with E-state index in [1.54, 1.807) is 0 Å². The van der Waals surface area contributed by atoms with Gasteiger partial charge in [0, 0.05) is 30.6 Å². The fourth-order valence-corrected chi connectivity index (χ4v) is 3.90. The number of hydrogen-bond acceptors (Lipinski definition) is 2. The van der Waals surface area contributed by atoms with Crippen LogP contribution in [0.1, 0.15) is 50.5 Å². The van der Waals surface area contributed by atoms with Gasteiger partial charge in [-0.05, 0) is 37.0 Å². The van der Waals surface area contributed by atoms with E-state index in [-0.39, 0.29) is 6.42 Å². The molecule has 0 aromatic heterocycles. The van der Waals surface area contributed by atoms with Gasteiger partial charge in [-0.2, -0.15) is 0 Å². The van der Waals surface area contributed by atoms with E-state index in [9.17, 15) is 4.79 Å². The van der Waals surface area contributed by atoms with Gasteiger partial charge in [0.15, 0.2) is 0 Å². The number of carboxylic acid groups (broad SMARTS) is 1. The van der Waals surface area contributed by atoms with E-state index in [1.807, 2.05) is 6.07 Å². The van der Waals surface area contributed by atoms with Crippen molar-refractivity contribution in [2.75, 3.05) is 18.0 Å². The van der Waals surface area contributed by atoms with Gasteiger partial charge in [-0.1, -0.05) is 37.8 Å². The number of anilines is 1. The highest BCUT2D eigenvalue weighted by Crippen LogP contribution is 2.44. The van der Waals surface area contributed by atoms with Crippen molar-refractivity contribution in [3.63, 3.8) is 0 Å². The van der Waals surface area contributed by atoms with E-state index in [4.69, 9.17) is 5.11 Å². The maximum absolute atomic E-state index is 10.7. The van der Waals surface area contributed by atoms with Crippen molar-refractivity contribution in [1.82, 2.24) is 0 Å². The number of aliphatic carboxylic acids is 1. The van der Waals surface area contributed by atoms with E-state index in [2.05, 4.69) is 23.1 Å². The highest BCUT2D eigenvalue weighted by molar-refractivity contribution is 5.67. The first-order valence-corrected chi connectivity index (χ1v) is 8.23. The number of benzene rings is 1. The molecule has 1 aromatic carbocycles. The van der Waals surface area contributed by atoms with Crippen LogP contribution >= 0.6 is 0 Å². The Bertz CT molecular complexity index is 496. The van der Waals surface area contributed by atoms with Gasteiger partial charge >= 0.3 is 5.97 Å². The zero-order valence-electron chi connectivity index (χ0n) is 12.7. The lowest BCUT2D eigenvalue weighted by Crippen LogP contribution is -2.56. The monoisotopic (exact) mass is 287 g/mol. The number of aryl methyl sites for hydroxylation is 1. The van der Waals surface area contributed by atoms with Gasteiger partial charge in [0.05, 0.1) is 0 Å². The number of nitrogens with zero attached hydrogens (tertiary/aromatic N) is 1. The molecule has 1 aliphatic carbocycles. The standard InChI is InChI=1S/C18H25NO2/c20-17(21)9-8-15-6-5-7-16(12-15)19-13-18(14-19)10-3-1-2-4-11-18/h5-7,12H,1-4,8-11,13-14H2,(H,20,21). The fourth-order valence-electron chi connectivity index (χ4n) is 3.90. The minimum atomic E-state index is -0.721. The van der Waals surface area contributed by atoms with E-state index in [0.717, 1.165) is 5.56 Å². The molecule has 1 aromatic rings. The van der Waals surface area contributed by atoms with Crippen LogP contribution in [-0.4, -0.2) is 24.2 Å². The smallest absolute Gasteiger partial charge is 0.303 e. The molecule has 0 unspecified atom stereocenters. The van der Waals surface area contributed by atoms with Gasteiger partial charge < -0.3 is 10.0 Å². The van der Waals surface area contributed by atoms with E-state index >= 15 is 0 Å². The van der Waals surface area contributed by atoms with Crippen LogP contribution in [0.3, 0.4) is 0 Å². The molecule has 0 amide bonds. The highest BCUT2D eigenvalue weighted by Gasteiger charge is 2.42. The summed E-state index contributed by atoms with van der Waals surface area (Å²) in [5.74, 6) is -0.721. The van der Waals surface area contributed by atoms with Crippen molar-refractivity contribution in [3.05, 3.63) is 29.8 Å². The molecule has 2 fully saturated rings. The first-order chi connectivity index (χ1) is 10.2. The van der Waals surface area contributed by atoms with Crippen molar-refractivity contribution in [1.29, 1.82) is 0 Å². The average Bonchev–Trinajstić information content (AvgIpc) is 2.69. The zero-order chi connectivity index (χ0) is 14.7. The predicted molar refractivity (Wildman–Crippen MR) is 84.7 cm³/mol. The summed E-state index contributed by atoms with van der Waals surface area (Å²) in [6.45, 7) is 2.38. The van der Waals surface area contributed by atoms with Crippen LogP contribution in [0.4, 0.5) is 5.69 Å². The second kappa shape index (κ2) is 6.08. The van der Waals surface area contributed by atoms with Gasteiger partial charge in [0.1, 0.15) is 0 Å². The van der Waals surface area contributed by atoms with Crippen molar-refractivity contribution >= 4 is 11.7 Å². The molecule has 0 radical (unpaired) electrons. The summed E-state index contributed by atoms with van der Waals surface area (Å²) in [4.78, 5) is 13.2. The lowest BCUT2D eigenvalue weighted by atomic mass is 9.73. The lowest BCUT2D eigenvalue weighted by Gasteiger charge is -2.51. The minimum absolute atomic E-state index is 0.216. The molecular weight excluding hydrogens is 262 g/mol. The molecule has 1 heterocycles. The quantitative estimate of drug-likeness (QED) is 0.914. The van der Waals surface area contributed by atoms with E-state index in [0.29, 0.717) is 11.8 Å². The third-order valence-electron chi connectivity index (χ3n) is 5.12. The maximum atomic E-state index is 10.7. The van der Waals surface area contributed by atoms with Crippen molar-refractivity contribution in [2.24, 2.45) is 5.41 Å². The molecule has 3 nitrogen and oxygen atoms in total. The molecule has 1 spiro atoms. The fraction of sp³-hybridized carbons (Fsp3) is 0.611. The number of rotatable bonds is 4. The van der Waals surface area contributed by atoms with Crippen LogP contribution in [0.25, 0.3) is 0 Å². The molecule has 1 aliphatic heterocycles. The Labute approximate surface area is 127 Å². The van der Waals surface area contributed by atoms with Crippen LogP contribution < -0.4 is 4.90 Å². The third kappa shape index (κ3) is 3.39. The van der Waals surface area contributed by atoms with Crippen molar-refractivity contribution in [2.45, 2.75) is 51.4 Å². The molecule has 1 saturated carbocycles. The summed E-state index contributed by atoms with van der Waals surface area (Å²) in [7, 11) is 0. The third-order valence-corrected chi connectivity index (χ3v) is 5.12. The summed E-state index contributed by atoms with van der Waals surface area (Å²) in [5.41, 5.74) is 2.98. The number of carbonyl (C=O) groups is 1. The summed E-state index contributed by atoms with van der Waals surface area (Å²) in [6.07, 6.45) is 9.23. The van der Waals surface area contributed by atoms with Crippen LogP contribution in [0.5, 0.6) is 0 Å². The molecular formula is C18H25NO2. The predicted octanol–water partition coefficient (Wildman–Crippen LogP) is 3.86. The molecule has 0 bridgehead atoms. The van der Waals surface area contributed by atoms with Crippen molar-refractivity contribution < 1.29 is 9.90 Å². The van der Waals surface area contributed by atoms with Crippen LogP contribution in [-0.2, 0) is 11.2 Å². The Hall–Kier alpha value is -1.51. The van der Waals surface area contributed by atoms with Crippen LogP contribution in [0.15, 0.2) is 24.3 Å². The Kier molecular flexibility index (Phi) is 4.18. The second-order valence-electron chi connectivity index (χ2n) is 6.83. The summed E-state index contributed by atoms with van der Waals surface area (Å²) < 4.78 is 0. The summed E-state index contributed by atoms with van der Waals surface area (Å²) >= 11 is 0. The van der Waals surface area contributed by atoms with E-state index < -0.39 is 5.97 Å². The topological polar surface area (TPSA) is 40.5 Å². The first kappa shape index (κ1) is 14.4. The van der Waals surface area contributed by atoms with Gasteiger partial charge in [-0.3, -0.25) is 4.79 Å². The molecule has 21 heavy (non-hydrogen) atoms. The Morgan fingerprint density at radius 3 is 2.52 bits per heavy atom. The molecule has 2 aliphatic rings. The average molecular weight is 287 g/mol. The number of hydrogen-bond donors (Lipinski definition) is 1. The Morgan fingerprint density at radius 1 is 1.14 bits per heavy atom. The highest BCUT2D eigenvalue weighted by atomic mass is 16.4. The summed E-state index contributed by atoms with van der Waals surface area (Å²) in [5, 5.41) is 8.79. The van der Waals surface area contributed by atoms with Gasteiger partial charge in [-0.15, -0.1) is 0 Å². The second-order valence-corrected chi connectivity index (χ2v) is 6.83. The van der Waals surface area contributed by atoms with E-state index in [1.165, 1.54) is 57.3 Å². The molecule has 114 valence electrons. The molecule has 0 atom stereocenters. The zero-order valence-corrected chi connectivity index (χ0v) is 12.7. The first-order valence-electron chi connectivity index (χ1n) is 8.23. The van der Waals surface area contributed by atoms with Gasteiger partial charge in [-0.25, -0.2) is 0 Å². The maximum Gasteiger partial charge on any atom is 0.303 e. The molecule has 1 saturated heterocycles. The molecule has 1 N–H and O–H groups in total. The molecule has 3 heteroatoms.